The van der Waals surface area contributed by atoms with Crippen LogP contribution >= 0.6 is 0 Å². The fourth-order valence-electron chi connectivity index (χ4n) is 4.70. The summed E-state index contributed by atoms with van der Waals surface area (Å²) in [4.78, 5) is 24.5. The number of benzene rings is 2. The lowest BCUT2D eigenvalue weighted by Gasteiger charge is -2.34. The minimum absolute atomic E-state index is 0.0652. The van der Waals surface area contributed by atoms with Gasteiger partial charge in [-0.2, -0.15) is 0 Å². The van der Waals surface area contributed by atoms with Crippen molar-refractivity contribution in [2.75, 3.05) is 13.7 Å². The van der Waals surface area contributed by atoms with Crippen LogP contribution < -0.4 is 4.74 Å². The predicted molar refractivity (Wildman–Crippen MR) is 125 cm³/mol. The molecule has 0 radical (unpaired) electrons. The average molecular weight is 445 g/mol. The number of rotatable bonds is 6. The van der Waals surface area contributed by atoms with Gasteiger partial charge in [0.2, 0.25) is 11.8 Å². The lowest BCUT2D eigenvalue weighted by Crippen LogP contribution is -2.40. The number of piperidine rings is 1. The summed E-state index contributed by atoms with van der Waals surface area (Å²) in [5.41, 5.74) is 2.93. The monoisotopic (exact) mass is 444 g/mol. The van der Waals surface area contributed by atoms with Crippen molar-refractivity contribution in [2.24, 2.45) is 0 Å². The molecule has 1 saturated heterocycles. The van der Waals surface area contributed by atoms with Gasteiger partial charge in [-0.05, 0) is 44.4 Å². The number of nitrogens with zero attached hydrogens (tertiary/aromatic N) is 4. The first kappa shape index (κ1) is 21.2. The van der Waals surface area contributed by atoms with Gasteiger partial charge >= 0.3 is 0 Å². The lowest BCUT2D eigenvalue weighted by molar-refractivity contribution is -0.136. The van der Waals surface area contributed by atoms with Crippen molar-refractivity contribution in [3.63, 3.8) is 0 Å². The second-order valence-corrected chi connectivity index (χ2v) is 8.49. The van der Waals surface area contributed by atoms with Gasteiger partial charge < -0.3 is 18.6 Å². The highest BCUT2D eigenvalue weighted by molar-refractivity contribution is 5.81. The molecule has 1 aliphatic rings. The molecule has 4 aromatic rings. The zero-order chi connectivity index (χ0) is 22.8. The van der Waals surface area contributed by atoms with E-state index in [9.17, 15) is 4.79 Å². The molecule has 1 atom stereocenters. The first-order chi connectivity index (χ1) is 16.1. The van der Waals surface area contributed by atoms with E-state index in [1.54, 1.807) is 13.3 Å². The van der Waals surface area contributed by atoms with Crippen molar-refractivity contribution in [2.45, 2.75) is 45.2 Å². The van der Waals surface area contributed by atoms with Gasteiger partial charge in [0.1, 0.15) is 29.9 Å². The number of hydrogen-bond donors (Lipinski definition) is 0. The zero-order valence-corrected chi connectivity index (χ0v) is 19.0. The molecule has 33 heavy (non-hydrogen) atoms. The van der Waals surface area contributed by atoms with Gasteiger partial charge in [0.15, 0.2) is 0 Å². The van der Waals surface area contributed by atoms with Crippen LogP contribution in [-0.4, -0.2) is 39.0 Å². The van der Waals surface area contributed by atoms with Crippen LogP contribution in [-0.2, 0) is 17.8 Å². The van der Waals surface area contributed by atoms with Gasteiger partial charge in [-0.3, -0.25) is 4.79 Å². The summed E-state index contributed by atoms with van der Waals surface area (Å²) in [5.74, 6) is 3.11. The number of likely N-dealkylation sites (tertiary alicyclic amines) is 1. The summed E-state index contributed by atoms with van der Waals surface area (Å²) in [5, 5.41) is 0. The summed E-state index contributed by atoms with van der Waals surface area (Å²) in [6.07, 6.45) is 5.25. The van der Waals surface area contributed by atoms with Crippen molar-refractivity contribution >= 4 is 16.9 Å². The summed E-state index contributed by atoms with van der Waals surface area (Å²) in [7, 11) is 1.67. The summed E-state index contributed by atoms with van der Waals surface area (Å²) >= 11 is 0. The molecule has 7 nitrogen and oxygen atoms in total. The molecule has 5 rings (SSSR count). The second kappa shape index (κ2) is 9.10. The van der Waals surface area contributed by atoms with E-state index in [1.807, 2.05) is 64.9 Å². The molecule has 0 bridgehead atoms. The first-order valence-electron chi connectivity index (χ1n) is 11.4. The van der Waals surface area contributed by atoms with E-state index < -0.39 is 0 Å². The molecule has 2 aromatic carbocycles. The third kappa shape index (κ3) is 4.23. The molecule has 0 aliphatic carbocycles. The topological polar surface area (TPSA) is 73.4 Å². The van der Waals surface area contributed by atoms with Crippen LogP contribution in [0.5, 0.6) is 5.75 Å². The summed E-state index contributed by atoms with van der Waals surface area (Å²) in [6, 6.07) is 15.7. The molecular formula is C26H28N4O3. The molecule has 1 amide bonds. The number of ether oxygens (including phenoxy) is 1. The van der Waals surface area contributed by atoms with E-state index in [4.69, 9.17) is 9.15 Å². The quantitative estimate of drug-likeness (QED) is 0.432. The molecule has 1 fully saturated rings. The Kier molecular flexibility index (Phi) is 5.86. The van der Waals surface area contributed by atoms with E-state index in [2.05, 4.69) is 9.97 Å². The van der Waals surface area contributed by atoms with Crippen LogP contribution in [0, 0.1) is 6.92 Å². The van der Waals surface area contributed by atoms with Gasteiger partial charge in [0.05, 0.1) is 24.3 Å². The highest BCUT2D eigenvalue weighted by Gasteiger charge is 2.32. The van der Waals surface area contributed by atoms with E-state index in [1.165, 1.54) is 0 Å². The number of hydrogen-bond acceptors (Lipinski definition) is 5. The van der Waals surface area contributed by atoms with Crippen LogP contribution in [0.1, 0.15) is 48.3 Å². The number of para-hydroxylation sites is 3. The number of carbonyl (C=O) groups excluding carboxylic acids is 1. The van der Waals surface area contributed by atoms with Crippen molar-refractivity contribution in [3.05, 3.63) is 77.8 Å². The van der Waals surface area contributed by atoms with Crippen LogP contribution in [0.3, 0.4) is 0 Å². The summed E-state index contributed by atoms with van der Waals surface area (Å²) in [6.45, 7) is 2.91. The molecule has 0 spiro atoms. The van der Waals surface area contributed by atoms with Crippen LogP contribution in [0.15, 0.2) is 59.1 Å². The summed E-state index contributed by atoms with van der Waals surface area (Å²) < 4.78 is 13.6. The molecule has 170 valence electrons. The lowest BCUT2D eigenvalue weighted by atomic mass is 10.0. The van der Waals surface area contributed by atoms with Crippen molar-refractivity contribution in [1.82, 2.24) is 19.4 Å². The minimum atomic E-state index is -0.146. The molecule has 7 heteroatoms. The Labute approximate surface area is 193 Å². The van der Waals surface area contributed by atoms with Crippen molar-refractivity contribution < 1.29 is 13.9 Å². The predicted octanol–water partition coefficient (Wildman–Crippen LogP) is 4.69. The Morgan fingerprint density at radius 1 is 1.15 bits per heavy atom. The molecular weight excluding hydrogens is 416 g/mol. The third-order valence-corrected chi connectivity index (χ3v) is 6.38. The Morgan fingerprint density at radius 3 is 2.85 bits per heavy atom. The second-order valence-electron chi connectivity index (χ2n) is 8.49. The van der Waals surface area contributed by atoms with Crippen LogP contribution in [0.25, 0.3) is 11.0 Å². The Hall–Kier alpha value is -3.61. The third-order valence-electron chi connectivity index (χ3n) is 6.38. The van der Waals surface area contributed by atoms with Gasteiger partial charge in [-0.1, -0.05) is 30.3 Å². The van der Waals surface area contributed by atoms with Gasteiger partial charge in [0, 0.05) is 18.5 Å². The van der Waals surface area contributed by atoms with Gasteiger partial charge in [-0.15, -0.1) is 0 Å². The largest absolute Gasteiger partial charge is 0.496 e. The maximum Gasteiger partial charge on any atom is 0.243 e. The number of amides is 1. The van der Waals surface area contributed by atoms with Crippen molar-refractivity contribution in [3.8, 4) is 5.75 Å². The number of fused-ring (bicyclic) bond motifs is 1. The fourth-order valence-corrected chi connectivity index (χ4v) is 4.70. The SMILES string of the molecule is COc1ccccc1Cc1cnc(C2CCCCN2C(=O)Cn2c(C)nc3ccccc32)o1. The van der Waals surface area contributed by atoms with Crippen molar-refractivity contribution in [1.29, 1.82) is 0 Å². The molecule has 2 aromatic heterocycles. The number of imidazole rings is 1. The van der Waals surface area contributed by atoms with E-state index in [0.717, 1.165) is 53.2 Å². The Balaban J connectivity index is 1.36. The number of aryl methyl sites for hydroxylation is 1. The smallest absolute Gasteiger partial charge is 0.243 e. The highest BCUT2D eigenvalue weighted by atomic mass is 16.5. The highest BCUT2D eigenvalue weighted by Crippen LogP contribution is 2.32. The van der Waals surface area contributed by atoms with Gasteiger partial charge in [0.25, 0.3) is 0 Å². The minimum Gasteiger partial charge on any atom is -0.496 e. The average Bonchev–Trinajstić information content (AvgIpc) is 3.43. The number of aromatic nitrogens is 3. The van der Waals surface area contributed by atoms with Gasteiger partial charge in [-0.25, -0.2) is 9.97 Å². The fraction of sp³-hybridized carbons (Fsp3) is 0.346. The van der Waals surface area contributed by atoms with E-state index >= 15 is 0 Å². The maximum absolute atomic E-state index is 13.4. The number of methoxy groups -OCH3 is 1. The Bertz CT molecular complexity index is 1280. The standard InChI is InChI=1S/C26H28N4O3/c1-18-28-21-10-4-5-11-22(21)30(18)17-25(31)29-14-8-7-12-23(29)26-27-16-20(33-26)15-19-9-3-6-13-24(19)32-2/h3-6,9-11,13,16,23H,7-8,12,14-15,17H2,1-2H3. The van der Waals surface area contributed by atoms with E-state index in [0.29, 0.717) is 18.9 Å². The number of oxazole rings is 1. The molecule has 1 unspecified atom stereocenters. The maximum atomic E-state index is 13.4. The molecule has 0 N–H and O–H groups in total. The van der Waals surface area contributed by atoms with Crippen LogP contribution in [0.2, 0.25) is 0 Å². The van der Waals surface area contributed by atoms with E-state index in [-0.39, 0.29) is 18.5 Å². The molecule has 1 aliphatic heterocycles. The van der Waals surface area contributed by atoms with Crippen LogP contribution in [0.4, 0.5) is 0 Å². The molecule has 3 heterocycles. The zero-order valence-electron chi connectivity index (χ0n) is 19.0. The normalized spacial score (nSPS) is 16.3. The number of carbonyl (C=O) groups is 1. The molecule has 0 saturated carbocycles. The Morgan fingerprint density at radius 2 is 1.97 bits per heavy atom. The first-order valence-corrected chi connectivity index (χ1v) is 11.4.